The first-order valence-electron chi connectivity index (χ1n) is 8.56. The van der Waals surface area contributed by atoms with E-state index in [4.69, 9.17) is 5.73 Å². The van der Waals surface area contributed by atoms with E-state index in [0.29, 0.717) is 42.6 Å². The third kappa shape index (κ3) is 4.74. The molecule has 9 heteroatoms. The average Bonchev–Trinajstić information content (AvgIpc) is 3.26. The Kier molecular flexibility index (Phi) is 7.28. The zero-order valence-corrected chi connectivity index (χ0v) is 16.5. The minimum absolute atomic E-state index is 0. The zero-order valence-electron chi connectivity index (χ0n) is 14.1. The van der Waals surface area contributed by atoms with Crippen LogP contribution in [0.4, 0.5) is 0 Å². The first-order chi connectivity index (χ1) is 11.5. The van der Waals surface area contributed by atoms with Gasteiger partial charge in [0.2, 0.25) is 15.9 Å². The Balaban J connectivity index is 0.00000225. The molecule has 1 saturated carbocycles. The van der Waals surface area contributed by atoms with Crippen LogP contribution >= 0.6 is 23.7 Å². The second-order valence-corrected chi connectivity index (χ2v) is 9.57. The average molecular weight is 408 g/mol. The third-order valence-corrected chi connectivity index (χ3v) is 8.09. The van der Waals surface area contributed by atoms with Gasteiger partial charge in [-0.25, -0.2) is 13.1 Å². The summed E-state index contributed by atoms with van der Waals surface area (Å²) in [6.45, 7) is 1.81. The highest BCUT2D eigenvalue weighted by Gasteiger charge is 2.36. The molecular formula is C16H26ClN3O3S2. The molecule has 1 saturated heterocycles. The van der Waals surface area contributed by atoms with Crippen LogP contribution in [0.25, 0.3) is 0 Å². The molecular weight excluding hydrogens is 382 g/mol. The van der Waals surface area contributed by atoms with Crippen LogP contribution in [-0.4, -0.2) is 44.9 Å². The number of hydrogen-bond donors (Lipinski definition) is 2. The number of carbonyl (C=O) groups is 1. The lowest BCUT2D eigenvalue weighted by atomic mass is 9.93. The summed E-state index contributed by atoms with van der Waals surface area (Å²) in [5.74, 6) is 0.587. The Morgan fingerprint density at radius 3 is 2.60 bits per heavy atom. The number of nitrogens with zero attached hydrogens (tertiary/aromatic N) is 1. The van der Waals surface area contributed by atoms with Gasteiger partial charge < -0.3 is 10.6 Å². The van der Waals surface area contributed by atoms with Crippen molar-refractivity contribution in [2.75, 3.05) is 19.6 Å². The van der Waals surface area contributed by atoms with Gasteiger partial charge in [-0.05, 0) is 49.6 Å². The van der Waals surface area contributed by atoms with Gasteiger partial charge in [-0.15, -0.1) is 23.7 Å². The molecule has 1 amide bonds. The van der Waals surface area contributed by atoms with Gasteiger partial charge in [-0.2, -0.15) is 0 Å². The van der Waals surface area contributed by atoms with Crippen molar-refractivity contribution >= 4 is 39.7 Å². The Hall–Kier alpha value is -0.670. The largest absolute Gasteiger partial charge is 0.342 e. The molecule has 1 aromatic rings. The number of sulfonamides is 1. The fraction of sp³-hybridized carbons (Fsp3) is 0.688. The van der Waals surface area contributed by atoms with E-state index in [1.165, 1.54) is 11.3 Å². The summed E-state index contributed by atoms with van der Waals surface area (Å²) in [5, 5.41) is 1.76. The molecule has 0 aromatic carbocycles. The van der Waals surface area contributed by atoms with Crippen LogP contribution < -0.4 is 10.5 Å². The standard InChI is InChI=1S/C16H25N3O3S2.ClH/c17-11-12-3-1-4-14(12)16(20)19-8-6-13(7-9-19)18-24(21,22)15-5-2-10-23-15;/h2,5,10,12-14,18H,1,3-4,6-9,11,17H2;1H/t12-,14-;/m1./s1. The monoisotopic (exact) mass is 407 g/mol. The Labute approximate surface area is 159 Å². The van der Waals surface area contributed by atoms with Gasteiger partial charge >= 0.3 is 0 Å². The quantitative estimate of drug-likeness (QED) is 0.778. The molecule has 2 atom stereocenters. The van der Waals surface area contributed by atoms with Gasteiger partial charge in [0.05, 0.1) is 0 Å². The number of piperidine rings is 1. The highest BCUT2D eigenvalue weighted by molar-refractivity contribution is 7.91. The SMILES string of the molecule is Cl.NC[C@H]1CCC[C@H]1C(=O)N1CCC(NS(=O)(=O)c2cccs2)CC1. The van der Waals surface area contributed by atoms with Crippen molar-refractivity contribution in [1.82, 2.24) is 9.62 Å². The summed E-state index contributed by atoms with van der Waals surface area (Å²) in [7, 11) is -3.43. The van der Waals surface area contributed by atoms with Crippen LogP contribution in [0.2, 0.25) is 0 Å². The molecule has 1 aromatic heterocycles. The number of amides is 1. The smallest absolute Gasteiger partial charge is 0.250 e. The highest BCUT2D eigenvalue weighted by Crippen LogP contribution is 2.33. The molecule has 1 aliphatic carbocycles. The van der Waals surface area contributed by atoms with Crippen LogP contribution in [0.3, 0.4) is 0 Å². The topological polar surface area (TPSA) is 92.5 Å². The Bertz CT molecular complexity index is 658. The van der Waals surface area contributed by atoms with Gasteiger partial charge in [0.15, 0.2) is 0 Å². The van der Waals surface area contributed by atoms with Crippen molar-refractivity contribution < 1.29 is 13.2 Å². The number of rotatable bonds is 5. The zero-order chi connectivity index (χ0) is 17.2. The third-order valence-electron chi connectivity index (χ3n) is 5.17. The molecule has 2 aliphatic rings. The molecule has 25 heavy (non-hydrogen) atoms. The first kappa shape index (κ1) is 20.6. The summed E-state index contributed by atoms with van der Waals surface area (Å²) in [6.07, 6.45) is 4.39. The van der Waals surface area contributed by atoms with E-state index in [2.05, 4.69) is 4.72 Å². The lowest BCUT2D eigenvalue weighted by Gasteiger charge is -2.34. The van der Waals surface area contributed by atoms with E-state index in [0.717, 1.165) is 19.3 Å². The van der Waals surface area contributed by atoms with E-state index in [1.807, 2.05) is 4.90 Å². The number of nitrogens with two attached hydrogens (primary N) is 1. The van der Waals surface area contributed by atoms with Gasteiger partial charge in [0.25, 0.3) is 0 Å². The number of carbonyl (C=O) groups excluding carboxylic acids is 1. The van der Waals surface area contributed by atoms with Gasteiger partial charge in [0.1, 0.15) is 4.21 Å². The molecule has 3 rings (SSSR count). The maximum Gasteiger partial charge on any atom is 0.250 e. The molecule has 0 bridgehead atoms. The van der Waals surface area contributed by atoms with Gasteiger partial charge in [0, 0.05) is 25.0 Å². The van der Waals surface area contributed by atoms with E-state index in [9.17, 15) is 13.2 Å². The maximum atomic E-state index is 12.7. The van der Waals surface area contributed by atoms with Crippen LogP contribution in [0.5, 0.6) is 0 Å². The number of halogens is 1. The molecule has 6 nitrogen and oxygen atoms in total. The Morgan fingerprint density at radius 1 is 1.28 bits per heavy atom. The van der Waals surface area contributed by atoms with Crippen LogP contribution in [0.15, 0.2) is 21.7 Å². The highest BCUT2D eigenvalue weighted by atomic mass is 35.5. The van der Waals surface area contributed by atoms with E-state index >= 15 is 0 Å². The van der Waals surface area contributed by atoms with Crippen molar-refractivity contribution in [1.29, 1.82) is 0 Å². The van der Waals surface area contributed by atoms with Gasteiger partial charge in [-0.1, -0.05) is 12.5 Å². The normalized spacial score (nSPS) is 24.9. The van der Waals surface area contributed by atoms with Crippen LogP contribution in [0.1, 0.15) is 32.1 Å². The lowest BCUT2D eigenvalue weighted by Crippen LogP contribution is -2.48. The van der Waals surface area contributed by atoms with Crippen molar-refractivity contribution in [2.24, 2.45) is 17.6 Å². The van der Waals surface area contributed by atoms with Crippen molar-refractivity contribution in [2.45, 2.75) is 42.4 Å². The molecule has 1 aliphatic heterocycles. The molecule has 0 unspecified atom stereocenters. The number of thiophene rings is 1. The van der Waals surface area contributed by atoms with E-state index in [1.54, 1.807) is 17.5 Å². The summed E-state index contributed by atoms with van der Waals surface area (Å²) in [6, 6.07) is 3.24. The van der Waals surface area contributed by atoms with Gasteiger partial charge in [-0.3, -0.25) is 4.79 Å². The molecule has 142 valence electrons. The first-order valence-corrected chi connectivity index (χ1v) is 10.9. The van der Waals surface area contributed by atoms with Crippen molar-refractivity contribution in [3.8, 4) is 0 Å². The molecule has 2 fully saturated rings. The predicted octanol–water partition coefficient (Wildman–Crippen LogP) is 1.81. The number of likely N-dealkylation sites (tertiary alicyclic amines) is 1. The van der Waals surface area contributed by atoms with E-state index < -0.39 is 10.0 Å². The maximum absolute atomic E-state index is 12.7. The molecule has 0 spiro atoms. The minimum Gasteiger partial charge on any atom is -0.342 e. The fourth-order valence-corrected chi connectivity index (χ4v) is 6.10. The molecule has 3 N–H and O–H groups in total. The van der Waals surface area contributed by atoms with Crippen molar-refractivity contribution in [3.05, 3.63) is 17.5 Å². The van der Waals surface area contributed by atoms with Crippen molar-refractivity contribution in [3.63, 3.8) is 0 Å². The second-order valence-electron chi connectivity index (χ2n) is 6.69. The Morgan fingerprint density at radius 2 is 2.00 bits per heavy atom. The second kappa shape index (κ2) is 8.81. The predicted molar refractivity (Wildman–Crippen MR) is 101 cm³/mol. The van der Waals surface area contributed by atoms with Crippen LogP contribution in [0, 0.1) is 11.8 Å². The summed E-state index contributed by atoms with van der Waals surface area (Å²) < 4.78 is 27.7. The van der Waals surface area contributed by atoms with Crippen LogP contribution in [-0.2, 0) is 14.8 Å². The molecule has 2 heterocycles. The lowest BCUT2D eigenvalue weighted by molar-refractivity contribution is -0.137. The number of nitrogens with one attached hydrogen (secondary N) is 1. The molecule has 0 radical (unpaired) electrons. The minimum atomic E-state index is -3.43. The summed E-state index contributed by atoms with van der Waals surface area (Å²) >= 11 is 1.22. The summed E-state index contributed by atoms with van der Waals surface area (Å²) in [4.78, 5) is 14.6. The van der Waals surface area contributed by atoms with E-state index in [-0.39, 0.29) is 30.3 Å². The fourth-order valence-electron chi connectivity index (χ4n) is 3.79. The number of hydrogen-bond acceptors (Lipinski definition) is 5. The summed E-state index contributed by atoms with van der Waals surface area (Å²) in [5.41, 5.74) is 5.78.